The number of fused-ring (bicyclic) bond motifs is 5. The third-order valence-corrected chi connectivity index (χ3v) is 13.8. The number of benzene rings is 1. The smallest absolute Gasteiger partial charge is 0.407 e. The third kappa shape index (κ3) is 7.06. The monoisotopic (exact) mass is 795 g/mol. The first-order valence-corrected chi connectivity index (χ1v) is 21.5. The Morgan fingerprint density at radius 2 is 1.93 bits per heavy atom. The van der Waals surface area contributed by atoms with Gasteiger partial charge in [0, 0.05) is 35.6 Å². The third-order valence-electron chi connectivity index (χ3n) is 12.1. The highest BCUT2D eigenvalue weighted by atomic mass is 32.2. The van der Waals surface area contributed by atoms with E-state index in [9.17, 15) is 27.6 Å². The van der Waals surface area contributed by atoms with Crippen LogP contribution in [0, 0.1) is 11.8 Å². The number of amides is 4. The van der Waals surface area contributed by atoms with Crippen molar-refractivity contribution in [2.75, 3.05) is 32.6 Å². The van der Waals surface area contributed by atoms with Crippen LogP contribution in [0.3, 0.4) is 0 Å². The molecule has 1 spiro atoms. The molecule has 302 valence electrons. The number of sulfonamides is 1. The fourth-order valence-corrected chi connectivity index (χ4v) is 9.83. The summed E-state index contributed by atoms with van der Waals surface area (Å²) < 4.78 is 60.8. The number of ether oxygens (including phenoxy) is 3. The van der Waals surface area contributed by atoms with E-state index in [1.165, 1.54) is 12.0 Å². The Labute approximate surface area is 325 Å². The standard InChI is InChI=1S/C40H50FN5O9S/c1-23(2)21-54-38(50)43-30-10-8-6-4-5-7-9-25-18-40(25,37(49)46-15-16-56(46,51)52)44-35(47)31-20-39(22-45(31)36(30)48)19-28(41)32-27-17-26(53-3)13-14-29(27)42-33(24-11-12-24)34(32)55-39/h7,9,13-14,17,23-25,28,30-31H,4-6,8,10-12,15-16,18-22H2,1-3H3,(H,43,50)(H,44,47)/b9-7-/t25-,28-,30+,31+,39-,40-/m1/s1. The Morgan fingerprint density at radius 3 is 2.62 bits per heavy atom. The minimum absolute atomic E-state index is 0.0235. The lowest BCUT2D eigenvalue weighted by Gasteiger charge is -2.38. The van der Waals surface area contributed by atoms with Gasteiger partial charge in [-0.1, -0.05) is 38.8 Å². The van der Waals surface area contributed by atoms with Gasteiger partial charge in [-0.05, 0) is 62.6 Å². The van der Waals surface area contributed by atoms with Gasteiger partial charge in [0.25, 0.3) is 5.91 Å². The number of hydrogen-bond donors (Lipinski definition) is 2. The summed E-state index contributed by atoms with van der Waals surface area (Å²) in [6.07, 6.45) is 6.18. The molecule has 5 heterocycles. The Bertz CT molecular complexity index is 2090. The van der Waals surface area contributed by atoms with Crippen molar-refractivity contribution in [3.05, 3.63) is 41.6 Å². The van der Waals surface area contributed by atoms with Crippen molar-refractivity contribution in [1.82, 2.24) is 24.8 Å². The number of nitrogens with one attached hydrogen (secondary N) is 2. The van der Waals surface area contributed by atoms with Crippen LogP contribution in [0.1, 0.15) is 101 Å². The van der Waals surface area contributed by atoms with E-state index >= 15 is 4.39 Å². The van der Waals surface area contributed by atoms with Gasteiger partial charge < -0.3 is 29.7 Å². The molecular weight excluding hydrogens is 746 g/mol. The number of alkyl halides is 1. The van der Waals surface area contributed by atoms with Crippen LogP contribution in [-0.4, -0.2) is 102 Å². The second kappa shape index (κ2) is 14.5. The normalized spacial score (nSPS) is 31.8. The van der Waals surface area contributed by atoms with E-state index in [0.717, 1.165) is 30.0 Å². The van der Waals surface area contributed by atoms with Gasteiger partial charge in [-0.3, -0.25) is 14.4 Å². The van der Waals surface area contributed by atoms with Crippen molar-refractivity contribution in [3.8, 4) is 11.5 Å². The fraction of sp³-hybridized carbons (Fsp3) is 0.625. The van der Waals surface area contributed by atoms with E-state index in [2.05, 4.69) is 10.6 Å². The van der Waals surface area contributed by atoms with Crippen LogP contribution in [0.25, 0.3) is 10.9 Å². The molecule has 2 aliphatic carbocycles. The molecule has 6 aliphatic rings. The fourth-order valence-electron chi connectivity index (χ4n) is 8.75. The number of methoxy groups -OCH3 is 1. The molecule has 0 unspecified atom stereocenters. The van der Waals surface area contributed by atoms with Gasteiger partial charge in [-0.25, -0.2) is 26.9 Å². The van der Waals surface area contributed by atoms with Crippen LogP contribution in [-0.2, 0) is 29.1 Å². The van der Waals surface area contributed by atoms with E-state index in [1.807, 2.05) is 26.0 Å². The van der Waals surface area contributed by atoms with Crippen LogP contribution >= 0.6 is 0 Å². The van der Waals surface area contributed by atoms with E-state index in [0.29, 0.717) is 46.5 Å². The molecule has 1 aromatic carbocycles. The Morgan fingerprint density at radius 1 is 1.12 bits per heavy atom. The Balaban J connectivity index is 1.17. The number of alkyl carbamates (subject to hydrolysis) is 1. The molecule has 2 aromatic rings. The van der Waals surface area contributed by atoms with Crippen molar-refractivity contribution in [3.63, 3.8) is 0 Å². The second-order valence-electron chi connectivity index (χ2n) is 16.8. The SMILES string of the molecule is COc1ccc2nc(C3CC3)c3c(c2c1)[C@H](F)C[C@]1(C[C@H]2C(=O)N[C@]4(C(=O)N5CCS5(=O)=O)C[C@H]4/C=C\CCCCC[C@H](NC(=O)OCC(C)C)C(=O)N2C1)O3. The number of allylic oxidation sites excluding steroid dienone is 1. The maximum Gasteiger partial charge on any atom is 0.407 e. The number of nitrogens with zero attached hydrogens (tertiary/aromatic N) is 3. The van der Waals surface area contributed by atoms with Gasteiger partial charge >= 0.3 is 6.09 Å². The minimum Gasteiger partial charge on any atom is -0.497 e. The average Bonchev–Trinajstić information content (AvgIpc) is 4.08. The molecule has 4 fully saturated rings. The van der Waals surface area contributed by atoms with Crippen LogP contribution in [0.4, 0.5) is 9.18 Å². The van der Waals surface area contributed by atoms with Crippen molar-refractivity contribution >= 4 is 44.7 Å². The summed E-state index contributed by atoms with van der Waals surface area (Å²) in [5, 5.41) is 6.21. The summed E-state index contributed by atoms with van der Waals surface area (Å²) in [4.78, 5) is 62.7. The molecule has 1 aromatic heterocycles. The average molecular weight is 796 g/mol. The van der Waals surface area contributed by atoms with Gasteiger partial charge in [0.15, 0.2) is 0 Å². The molecular formula is C40H50FN5O9S. The zero-order valence-electron chi connectivity index (χ0n) is 32.1. The molecule has 2 N–H and O–H groups in total. The number of rotatable bonds is 6. The molecule has 4 aliphatic heterocycles. The second-order valence-corrected chi connectivity index (χ2v) is 18.8. The maximum atomic E-state index is 17.0. The predicted octanol–water partition coefficient (Wildman–Crippen LogP) is 4.57. The van der Waals surface area contributed by atoms with E-state index < -0.39 is 69.2 Å². The molecule has 16 heteroatoms. The summed E-state index contributed by atoms with van der Waals surface area (Å²) in [5.74, 6) is -1.56. The van der Waals surface area contributed by atoms with E-state index in [4.69, 9.17) is 19.2 Å². The Kier molecular flexibility index (Phi) is 9.93. The highest BCUT2D eigenvalue weighted by molar-refractivity contribution is 7.90. The van der Waals surface area contributed by atoms with E-state index in [1.54, 1.807) is 18.2 Å². The summed E-state index contributed by atoms with van der Waals surface area (Å²) >= 11 is 0. The molecule has 8 rings (SSSR count). The first-order valence-electron chi connectivity index (χ1n) is 19.9. The highest BCUT2D eigenvalue weighted by Crippen LogP contribution is 2.55. The lowest BCUT2D eigenvalue weighted by atomic mass is 9.85. The minimum atomic E-state index is -3.79. The van der Waals surface area contributed by atoms with E-state index in [-0.39, 0.29) is 63.0 Å². The number of carbonyl (C=O) groups excluding carboxylic acids is 4. The molecule has 0 bridgehead atoms. The largest absolute Gasteiger partial charge is 0.497 e. The molecule has 56 heavy (non-hydrogen) atoms. The molecule has 2 saturated carbocycles. The number of hydrogen-bond acceptors (Lipinski definition) is 10. The van der Waals surface area contributed by atoms with Gasteiger partial charge in [-0.2, -0.15) is 0 Å². The van der Waals surface area contributed by atoms with Gasteiger partial charge in [0.1, 0.15) is 40.9 Å². The Hall–Kier alpha value is -4.47. The number of carbonyl (C=O) groups is 4. The van der Waals surface area contributed by atoms with Crippen LogP contribution < -0.4 is 20.1 Å². The van der Waals surface area contributed by atoms with Crippen LogP contribution in [0.5, 0.6) is 11.5 Å². The summed E-state index contributed by atoms with van der Waals surface area (Å²) in [6.45, 7) is 3.79. The topological polar surface area (TPSA) is 174 Å². The lowest BCUT2D eigenvalue weighted by Crippen LogP contribution is -2.62. The summed E-state index contributed by atoms with van der Waals surface area (Å²) in [5.41, 5.74) is -1.26. The molecule has 0 radical (unpaired) electrons. The summed E-state index contributed by atoms with van der Waals surface area (Å²) in [7, 11) is -2.25. The van der Waals surface area contributed by atoms with Crippen molar-refractivity contribution in [2.45, 2.75) is 113 Å². The summed E-state index contributed by atoms with van der Waals surface area (Å²) in [6, 6.07) is 3.02. The zero-order valence-corrected chi connectivity index (χ0v) is 32.9. The first-order chi connectivity index (χ1) is 26.7. The van der Waals surface area contributed by atoms with Crippen LogP contribution in [0.2, 0.25) is 0 Å². The number of aromatic nitrogens is 1. The molecule has 14 nitrogen and oxygen atoms in total. The highest BCUT2D eigenvalue weighted by Gasteiger charge is 2.65. The predicted molar refractivity (Wildman–Crippen MR) is 202 cm³/mol. The first kappa shape index (κ1) is 38.4. The van der Waals surface area contributed by atoms with Gasteiger partial charge in [0.05, 0.1) is 43.8 Å². The zero-order chi connectivity index (χ0) is 39.6. The number of halogens is 1. The van der Waals surface area contributed by atoms with Crippen molar-refractivity contribution in [1.29, 1.82) is 0 Å². The maximum absolute atomic E-state index is 17.0. The lowest BCUT2D eigenvalue weighted by molar-refractivity contribution is -0.142. The van der Waals surface area contributed by atoms with Gasteiger partial charge in [0.2, 0.25) is 21.8 Å². The van der Waals surface area contributed by atoms with Crippen molar-refractivity contribution < 1.29 is 46.2 Å². The van der Waals surface area contributed by atoms with Gasteiger partial charge in [-0.15, -0.1) is 0 Å². The van der Waals surface area contributed by atoms with Crippen molar-refractivity contribution in [2.24, 2.45) is 11.8 Å². The number of pyridine rings is 1. The van der Waals surface area contributed by atoms with Crippen LogP contribution in [0.15, 0.2) is 30.4 Å². The quantitative estimate of drug-likeness (QED) is 0.395. The molecule has 4 amide bonds. The molecule has 6 atom stereocenters. The molecule has 2 saturated heterocycles.